The van der Waals surface area contributed by atoms with E-state index in [9.17, 15) is 0 Å². The van der Waals surface area contributed by atoms with Crippen molar-refractivity contribution >= 4 is 7.28 Å². The molecule has 1 saturated heterocycles. The van der Waals surface area contributed by atoms with Crippen molar-refractivity contribution in [1.82, 2.24) is 0 Å². The molecule has 2 nitrogen and oxygen atoms in total. The summed E-state index contributed by atoms with van der Waals surface area (Å²) >= 11 is 0. The molecule has 0 bridgehead atoms. The molecule has 3 heteroatoms. The first-order valence-corrected chi connectivity index (χ1v) is 4.39. The van der Waals surface area contributed by atoms with Crippen molar-refractivity contribution in [3.63, 3.8) is 0 Å². The van der Waals surface area contributed by atoms with Crippen LogP contribution < -0.4 is 0 Å². The maximum Gasteiger partial charge on any atom is 0.157 e. The van der Waals surface area contributed by atoms with Gasteiger partial charge < -0.3 is 9.47 Å². The van der Waals surface area contributed by atoms with E-state index < -0.39 is 0 Å². The Morgan fingerprint density at radius 2 is 2.36 bits per heavy atom. The highest BCUT2D eigenvalue weighted by Gasteiger charge is 2.20. The molecule has 0 aromatic carbocycles. The standard InChI is InChI=1S/C8H16BO2/c1-3-10-8-5-4-7(9-2)6-11-8/h7-8H,3-6H2,1-2H3. The Balaban J connectivity index is 2.14. The van der Waals surface area contributed by atoms with E-state index in [0.29, 0.717) is 5.82 Å². The molecular weight excluding hydrogens is 139 g/mol. The average molecular weight is 155 g/mol. The van der Waals surface area contributed by atoms with Crippen LogP contribution in [-0.4, -0.2) is 26.8 Å². The van der Waals surface area contributed by atoms with Crippen LogP contribution in [0, 0.1) is 0 Å². The van der Waals surface area contributed by atoms with Gasteiger partial charge in [-0.2, -0.15) is 0 Å². The first-order valence-electron chi connectivity index (χ1n) is 4.39. The Morgan fingerprint density at radius 3 is 2.82 bits per heavy atom. The van der Waals surface area contributed by atoms with Gasteiger partial charge in [0, 0.05) is 13.2 Å². The van der Waals surface area contributed by atoms with Gasteiger partial charge in [0.1, 0.15) is 7.28 Å². The molecular formula is C8H16BO2. The minimum Gasteiger partial charge on any atom is -0.353 e. The van der Waals surface area contributed by atoms with Crippen molar-refractivity contribution < 1.29 is 9.47 Å². The fourth-order valence-corrected chi connectivity index (χ4v) is 1.33. The number of hydrogen-bond donors (Lipinski definition) is 0. The number of hydrogen-bond acceptors (Lipinski definition) is 2. The molecule has 1 heterocycles. The van der Waals surface area contributed by atoms with Crippen molar-refractivity contribution in [2.24, 2.45) is 0 Å². The van der Waals surface area contributed by atoms with Gasteiger partial charge in [-0.15, -0.1) is 0 Å². The summed E-state index contributed by atoms with van der Waals surface area (Å²) in [6, 6.07) is 0. The second kappa shape index (κ2) is 4.78. The molecule has 0 aromatic heterocycles. The van der Waals surface area contributed by atoms with Crippen molar-refractivity contribution in [2.75, 3.05) is 13.2 Å². The highest BCUT2D eigenvalue weighted by molar-refractivity contribution is 6.35. The lowest BCUT2D eigenvalue weighted by Gasteiger charge is -2.27. The van der Waals surface area contributed by atoms with E-state index in [1.807, 2.05) is 6.92 Å². The molecule has 0 saturated carbocycles. The minimum atomic E-state index is 0.0659. The quantitative estimate of drug-likeness (QED) is 0.577. The van der Waals surface area contributed by atoms with Crippen LogP contribution in [0.1, 0.15) is 19.8 Å². The first-order chi connectivity index (χ1) is 5.36. The van der Waals surface area contributed by atoms with Crippen LogP contribution in [0.25, 0.3) is 0 Å². The molecule has 11 heavy (non-hydrogen) atoms. The molecule has 1 fully saturated rings. The highest BCUT2D eigenvalue weighted by Crippen LogP contribution is 2.22. The molecule has 1 aliphatic heterocycles. The number of rotatable bonds is 3. The van der Waals surface area contributed by atoms with Crippen molar-refractivity contribution in [1.29, 1.82) is 0 Å². The van der Waals surface area contributed by atoms with Crippen LogP contribution in [0.2, 0.25) is 12.6 Å². The minimum absolute atomic E-state index is 0.0659. The second-order valence-electron chi connectivity index (χ2n) is 2.89. The van der Waals surface area contributed by atoms with Crippen LogP contribution >= 0.6 is 0 Å². The first kappa shape index (κ1) is 9.08. The normalized spacial score (nSPS) is 31.8. The maximum absolute atomic E-state index is 5.47. The fourth-order valence-electron chi connectivity index (χ4n) is 1.33. The van der Waals surface area contributed by atoms with Gasteiger partial charge in [-0.1, -0.05) is 13.2 Å². The van der Waals surface area contributed by atoms with E-state index in [-0.39, 0.29) is 6.29 Å². The van der Waals surface area contributed by atoms with Crippen molar-refractivity contribution in [3.05, 3.63) is 0 Å². The lowest BCUT2D eigenvalue weighted by molar-refractivity contribution is -0.159. The van der Waals surface area contributed by atoms with E-state index in [4.69, 9.17) is 9.47 Å². The Labute approximate surface area is 69.5 Å². The lowest BCUT2D eigenvalue weighted by Crippen LogP contribution is -2.27. The third kappa shape index (κ3) is 2.84. The summed E-state index contributed by atoms with van der Waals surface area (Å²) in [5, 5.41) is 0. The molecule has 0 spiro atoms. The van der Waals surface area contributed by atoms with Crippen LogP contribution in [0.3, 0.4) is 0 Å². The zero-order valence-electron chi connectivity index (χ0n) is 7.38. The predicted molar refractivity (Wildman–Crippen MR) is 46.0 cm³/mol. The van der Waals surface area contributed by atoms with Gasteiger partial charge in [-0.25, -0.2) is 0 Å². The predicted octanol–water partition coefficient (Wildman–Crippen LogP) is 1.70. The molecule has 1 rings (SSSR count). The van der Waals surface area contributed by atoms with Gasteiger partial charge in [-0.05, 0) is 19.2 Å². The second-order valence-corrected chi connectivity index (χ2v) is 2.89. The Hall–Kier alpha value is -0.0151. The van der Waals surface area contributed by atoms with E-state index >= 15 is 0 Å². The Kier molecular flexibility index (Phi) is 3.94. The third-order valence-corrected chi connectivity index (χ3v) is 2.09. The highest BCUT2D eigenvalue weighted by atomic mass is 16.7. The summed E-state index contributed by atoms with van der Waals surface area (Å²) in [5.74, 6) is 0.645. The van der Waals surface area contributed by atoms with Gasteiger partial charge in [0.25, 0.3) is 0 Å². The summed E-state index contributed by atoms with van der Waals surface area (Å²) in [5.41, 5.74) is 0. The third-order valence-electron chi connectivity index (χ3n) is 2.09. The van der Waals surface area contributed by atoms with E-state index in [1.54, 1.807) is 0 Å². The average Bonchev–Trinajstić information content (AvgIpc) is 2.07. The topological polar surface area (TPSA) is 18.5 Å². The summed E-state index contributed by atoms with van der Waals surface area (Å²) in [4.78, 5) is 0. The van der Waals surface area contributed by atoms with E-state index in [1.165, 1.54) is 6.42 Å². The Morgan fingerprint density at radius 1 is 1.55 bits per heavy atom. The number of ether oxygens (including phenoxy) is 2. The van der Waals surface area contributed by atoms with Gasteiger partial charge in [-0.3, -0.25) is 0 Å². The molecule has 63 valence electrons. The van der Waals surface area contributed by atoms with Crippen LogP contribution in [0.15, 0.2) is 0 Å². The summed E-state index contributed by atoms with van der Waals surface area (Å²) in [7, 11) is 2.21. The fraction of sp³-hybridized carbons (Fsp3) is 1.00. The molecule has 0 amide bonds. The molecule has 1 radical (unpaired) electrons. The van der Waals surface area contributed by atoms with Crippen molar-refractivity contribution in [2.45, 2.75) is 38.7 Å². The lowest BCUT2D eigenvalue weighted by atomic mass is 9.65. The van der Waals surface area contributed by atoms with Crippen LogP contribution in [0.5, 0.6) is 0 Å². The summed E-state index contributed by atoms with van der Waals surface area (Å²) < 4.78 is 10.8. The molecule has 2 atom stereocenters. The van der Waals surface area contributed by atoms with Crippen LogP contribution in [-0.2, 0) is 9.47 Å². The molecule has 0 aromatic rings. The van der Waals surface area contributed by atoms with E-state index in [2.05, 4.69) is 14.1 Å². The van der Waals surface area contributed by atoms with Crippen molar-refractivity contribution in [3.8, 4) is 0 Å². The monoisotopic (exact) mass is 155 g/mol. The largest absolute Gasteiger partial charge is 0.353 e. The maximum atomic E-state index is 5.47. The van der Waals surface area contributed by atoms with Gasteiger partial charge in [0.15, 0.2) is 6.29 Å². The van der Waals surface area contributed by atoms with Crippen LogP contribution in [0.4, 0.5) is 0 Å². The molecule has 0 N–H and O–H groups in total. The zero-order valence-corrected chi connectivity index (χ0v) is 7.38. The van der Waals surface area contributed by atoms with E-state index in [0.717, 1.165) is 19.6 Å². The SMILES string of the molecule is C[B]C1CCC(OCC)OC1. The summed E-state index contributed by atoms with van der Waals surface area (Å²) in [6.45, 7) is 5.68. The zero-order chi connectivity index (χ0) is 8.10. The smallest absolute Gasteiger partial charge is 0.157 e. The molecule has 1 aliphatic rings. The summed E-state index contributed by atoms with van der Waals surface area (Å²) in [6.07, 6.45) is 2.32. The van der Waals surface area contributed by atoms with Gasteiger partial charge in [0.2, 0.25) is 0 Å². The molecule has 0 aliphatic carbocycles. The van der Waals surface area contributed by atoms with Gasteiger partial charge in [0.05, 0.1) is 0 Å². The Bertz CT molecular complexity index is 100. The van der Waals surface area contributed by atoms with Gasteiger partial charge >= 0.3 is 0 Å². The molecule has 2 unspecified atom stereocenters.